The first-order valence-electron chi connectivity index (χ1n) is 4.94. The van der Waals surface area contributed by atoms with E-state index in [1.165, 1.54) is 18.7 Å². The van der Waals surface area contributed by atoms with Crippen LogP contribution in [0, 0.1) is 0 Å². The van der Waals surface area contributed by atoms with E-state index in [2.05, 4.69) is 36.7 Å². The lowest BCUT2D eigenvalue weighted by molar-refractivity contribution is 0.657. The fourth-order valence-corrected chi connectivity index (χ4v) is 1.87. The van der Waals surface area contributed by atoms with Crippen molar-refractivity contribution in [2.24, 2.45) is 7.05 Å². The minimum absolute atomic E-state index is 0.299. The lowest BCUT2D eigenvalue weighted by atomic mass is 10.1. The van der Waals surface area contributed by atoms with Crippen LogP contribution in [0.15, 0.2) is 13.2 Å². The van der Waals surface area contributed by atoms with Gasteiger partial charge in [-0.05, 0) is 25.0 Å². The molecule has 0 unspecified atom stereocenters. The first kappa shape index (κ1) is 9.25. The third kappa shape index (κ3) is 1.14. The monoisotopic (exact) mass is 188 g/mol. The zero-order valence-corrected chi connectivity index (χ0v) is 8.88. The van der Waals surface area contributed by atoms with Crippen molar-refractivity contribution in [2.45, 2.75) is 25.2 Å². The number of hydrogen-bond acceptors (Lipinski definition) is 1. The molecule has 0 N–H and O–H groups in total. The van der Waals surface area contributed by atoms with Gasteiger partial charge >= 0.3 is 0 Å². The topological polar surface area (TPSA) is 17.8 Å². The molecule has 0 saturated heterocycles. The summed E-state index contributed by atoms with van der Waals surface area (Å²) < 4.78 is 2.14. The van der Waals surface area contributed by atoms with Gasteiger partial charge < -0.3 is 4.57 Å². The molecule has 0 aliphatic heterocycles. The Morgan fingerprint density at radius 2 is 2.00 bits per heavy atom. The largest absolute Gasteiger partial charge is 0.331 e. The normalized spacial score (nSPS) is 17.9. The van der Waals surface area contributed by atoms with Crippen molar-refractivity contribution in [2.75, 3.05) is 0 Å². The van der Waals surface area contributed by atoms with E-state index in [4.69, 9.17) is 0 Å². The lowest BCUT2D eigenvalue weighted by Crippen LogP contribution is -2.09. The van der Waals surface area contributed by atoms with Crippen LogP contribution in [0.4, 0.5) is 0 Å². The van der Waals surface area contributed by atoms with E-state index in [-0.39, 0.29) is 0 Å². The SMILES string of the molecule is C=Cc1nc(C2(C)CC2)n(C)c1C=C. The van der Waals surface area contributed by atoms with Crippen LogP contribution in [0.1, 0.15) is 37.0 Å². The van der Waals surface area contributed by atoms with Crippen LogP contribution in [0.2, 0.25) is 0 Å². The Morgan fingerprint density at radius 1 is 1.36 bits per heavy atom. The average molecular weight is 188 g/mol. The maximum Gasteiger partial charge on any atom is 0.115 e. The molecule has 1 fully saturated rings. The van der Waals surface area contributed by atoms with Gasteiger partial charge in [0.1, 0.15) is 5.82 Å². The molecule has 2 nitrogen and oxygen atoms in total. The second-order valence-corrected chi connectivity index (χ2v) is 4.23. The fourth-order valence-electron chi connectivity index (χ4n) is 1.87. The van der Waals surface area contributed by atoms with Crippen LogP contribution in [0.3, 0.4) is 0 Å². The van der Waals surface area contributed by atoms with Gasteiger partial charge in [0.2, 0.25) is 0 Å². The first-order valence-corrected chi connectivity index (χ1v) is 4.94. The summed E-state index contributed by atoms with van der Waals surface area (Å²) in [5, 5.41) is 0. The smallest absolute Gasteiger partial charge is 0.115 e. The summed E-state index contributed by atoms with van der Waals surface area (Å²) >= 11 is 0. The molecule has 1 aliphatic rings. The average Bonchev–Trinajstić information content (AvgIpc) is 2.81. The Bertz CT molecular complexity index is 395. The molecular weight excluding hydrogens is 172 g/mol. The highest BCUT2D eigenvalue weighted by molar-refractivity contribution is 5.59. The predicted octanol–water partition coefficient (Wildman–Crippen LogP) is 2.76. The summed E-state index contributed by atoms with van der Waals surface area (Å²) in [5.41, 5.74) is 2.32. The van der Waals surface area contributed by atoms with Crippen LogP contribution in [-0.4, -0.2) is 9.55 Å². The Balaban J connectivity index is 2.57. The van der Waals surface area contributed by atoms with E-state index in [1.54, 1.807) is 6.08 Å². The van der Waals surface area contributed by atoms with Gasteiger partial charge in [-0.1, -0.05) is 20.1 Å². The molecule has 1 aromatic heterocycles. The number of aromatic nitrogens is 2. The molecule has 2 rings (SSSR count). The first-order chi connectivity index (χ1) is 6.62. The van der Waals surface area contributed by atoms with E-state index in [0.717, 1.165) is 11.4 Å². The molecule has 14 heavy (non-hydrogen) atoms. The van der Waals surface area contributed by atoms with Crippen molar-refractivity contribution < 1.29 is 0 Å². The Morgan fingerprint density at radius 3 is 2.36 bits per heavy atom. The van der Waals surface area contributed by atoms with Gasteiger partial charge in [-0.3, -0.25) is 0 Å². The van der Waals surface area contributed by atoms with Gasteiger partial charge in [0.05, 0.1) is 11.4 Å². The van der Waals surface area contributed by atoms with Crippen LogP contribution in [0.25, 0.3) is 12.2 Å². The second-order valence-electron chi connectivity index (χ2n) is 4.23. The van der Waals surface area contributed by atoms with Gasteiger partial charge in [-0.25, -0.2) is 4.98 Å². The molecule has 1 aliphatic carbocycles. The van der Waals surface area contributed by atoms with Gasteiger partial charge in [0, 0.05) is 12.5 Å². The van der Waals surface area contributed by atoms with E-state index < -0.39 is 0 Å². The molecule has 1 aromatic rings. The molecule has 0 aromatic carbocycles. The zero-order chi connectivity index (χ0) is 10.3. The summed E-state index contributed by atoms with van der Waals surface area (Å²) in [7, 11) is 2.05. The Kier molecular flexibility index (Phi) is 1.88. The maximum atomic E-state index is 4.61. The quantitative estimate of drug-likeness (QED) is 0.713. The van der Waals surface area contributed by atoms with Crippen molar-refractivity contribution in [3.8, 4) is 0 Å². The van der Waals surface area contributed by atoms with E-state index >= 15 is 0 Å². The summed E-state index contributed by atoms with van der Waals surface area (Å²) in [4.78, 5) is 4.61. The van der Waals surface area contributed by atoms with Crippen molar-refractivity contribution in [1.29, 1.82) is 0 Å². The summed E-state index contributed by atoms with van der Waals surface area (Å²) in [5.74, 6) is 1.17. The third-order valence-electron chi connectivity index (χ3n) is 3.09. The van der Waals surface area contributed by atoms with Crippen LogP contribution >= 0.6 is 0 Å². The van der Waals surface area contributed by atoms with E-state index in [0.29, 0.717) is 5.41 Å². The lowest BCUT2D eigenvalue weighted by Gasteiger charge is -2.08. The van der Waals surface area contributed by atoms with Crippen molar-refractivity contribution >= 4 is 12.2 Å². The summed E-state index contributed by atoms with van der Waals surface area (Å²) in [6.45, 7) is 9.84. The van der Waals surface area contributed by atoms with Crippen LogP contribution in [-0.2, 0) is 12.5 Å². The second kappa shape index (κ2) is 2.84. The van der Waals surface area contributed by atoms with Crippen molar-refractivity contribution in [3.05, 3.63) is 30.4 Å². The highest BCUT2D eigenvalue weighted by Crippen LogP contribution is 2.47. The molecule has 0 spiro atoms. The predicted molar refractivity (Wildman–Crippen MR) is 60.0 cm³/mol. The van der Waals surface area contributed by atoms with Gasteiger partial charge in [0.15, 0.2) is 0 Å². The Hall–Kier alpha value is -1.31. The van der Waals surface area contributed by atoms with Gasteiger partial charge in [-0.15, -0.1) is 0 Å². The van der Waals surface area contributed by atoms with Crippen molar-refractivity contribution in [1.82, 2.24) is 9.55 Å². The molecule has 0 radical (unpaired) electrons. The van der Waals surface area contributed by atoms with Gasteiger partial charge in [0.25, 0.3) is 0 Å². The summed E-state index contributed by atoms with van der Waals surface area (Å²) in [6.07, 6.45) is 6.13. The maximum absolute atomic E-state index is 4.61. The number of imidazole rings is 1. The van der Waals surface area contributed by atoms with E-state index in [9.17, 15) is 0 Å². The van der Waals surface area contributed by atoms with E-state index in [1.807, 2.05) is 6.08 Å². The molecule has 2 heteroatoms. The molecule has 1 heterocycles. The molecule has 1 saturated carbocycles. The number of hydrogen-bond donors (Lipinski definition) is 0. The minimum atomic E-state index is 0.299. The minimum Gasteiger partial charge on any atom is -0.331 e. The van der Waals surface area contributed by atoms with Crippen molar-refractivity contribution in [3.63, 3.8) is 0 Å². The molecular formula is C12H16N2. The van der Waals surface area contributed by atoms with Crippen LogP contribution < -0.4 is 0 Å². The highest BCUT2D eigenvalue weighted by atomic mass is 15.1. The van der Waals surface area contributed by atoms with Gasteiger partial charge in [-0.2, -0.15) is 0 Å². The zero-order valence-electron chi connectivity index (χ0n) is 8.88. The molecule has 0 bridgehead atoms. The molecule has 0 amide bonds. The highest BCUT2D eigenvalue weighted by Gasteiger charge is 2.43. The fraction of sp³-hybridized carbons (Fsp3) is 0.417. The summed E-state index contributed by atoms with van der Waals surface area (Å²) in [6, 6.07) is 0. The third-order valence-corrected chi connectivity index (χ3v) is 3.09. The Labute approximate surface area is 85.0 Å². The standard InChI is InChI=1S/C12H16N2/c1-5-9-10(6-2)14(4)11(13-9)12(3)7-8-12/h5-6H,1-2,7-8H2,3-4H3. The number of rotatable bonds is 3. The number of nitrogens with zero attached hydrogens (tertiary/aromatic N) is 2. The molecule has 74 valence electrons. The molecule has 0 atom stereocenters. The van der Waals surface area contributed by atoms with Crippen LogP contribution in [0.5, 0.6) is 0 Å².